The van der Waals surface area contributed by atoms with E-state index in [1.165, 1.54) is 48.6 Å². The molecule has 0 saturated carbocycles. The molecule has 0 unspecified atom stereocenters. The molecule has 3 aromatic rings. The third-order valence-electron chi connectivity index (χ3n) is 6.37. The summed E-state index contributed by atoms with van der Waals surface area (Å²) in [5, 5.41) is 21.7. The number of allylic oxidation sites excluding steroid dienone is 2. The Morgan fingerprint density at radius 3 is 2.32 bits per heavy atom. The average molecular weight is 609 g/mol. The zero-order chi connectivity index (χ0) is 23.7. The highest BCUT2D eigenvalue weighted by Gasteiger charge is 2.26. The molecule has 0 saturated heterocycles. The highest BCUT2D eigenvalue weighted by Crippen LogP contribution is 2.47. The van der Waals surface area contributed by atoms with Crippen LogP contribution < -0.4 is 33.4 Å². The Labute approximate surface area is 228 Å². The molecule has 2 heterocycles. The number of anilines is 1. The number of fused-ring (bicyclic) bond motifs is 2. The first-order chi connectivity index (χ1) is 15.9. The van der Waals surface area contributed by atoms with Crippen LogP contribution in [0.15, 0.2) is 45.8 Å². The van der Waals surface area contributed by atoms with E-state index in [1.54, 1.807) is 23.1 Å². The van der Waals surface area contributed by atoms with Crippen LogP contribution in [0, 0.1) is 27.7 Å². The van der Waals surface area contributed by atoms with Crippen molar-refractivity contribution in [1.29, 1.82) is 0 Å². The van der Waals surface area contributed by atoms with Crippen LogP contribution in [0.4, 0.5) is 5.69 Å². The minimum Gasteiger partial charge on any atom is -1.00 e. The zero-order valence-electron chi connectivity index (χ0n) is 20.5. The summed E-state index contributed by atoms with van der Waals surface area (Å²) in [4.78, 5) is 3.48. The molecule has 0 spiro atoms. The molecule has 1 aliphatic rings. The Balaban J connectivity index is 0.00000324. The number of benzene rings is 2. The highest BCUT2D eigenvalue weighted by molar-refractivity contribution is 8.03. The number of aromatic nitrogens is 1. The molecule has 0 aliphatic carbocycles. The fourth-order valence-electron chi connectivity index (χ4n) is 4.15. The summed E-state index contributed by atoms with van der Waals surface area (Å²) in [6.07, 6.45) is 5.42. The van der Waals surface area contributed by atoms with E-state index in [1.807, 2.05) is 0 Å². The topological polar surface area (TPSA) is 47.6 Å². The molecular weight excluding hydrogens is 575 g/mol. The van der Waals surface area contributed by atoms with Crippen molar-refractivity contribution in [2.24, 2.45) is 0 Å². The first-order valence-electron chi connectivity index (χ1n) is 11.5. The van der Waals surface area contributed by atoms with Gasteiger partial charge in [-0.15, -0.1) is 0 Å². The van der Waals surface area contributed by atoms with E-state index in [9.17, 15) is 10.2 Å². The number of hydrogen-bond donors (Lipinski definition) is 2. The number of rotatable bonds is 7. The van der Waals surface area contributed by atoms with Crippen molar-refractivity contribution >= 4 is 45.1 Å². The first kappa shape index (κ1) is 27.2. The Morgan fingerprint density at radius 1 is 0.971 bits per heavy atom. The maximum absolute atomic E-state index is 9.72. The molecule has 2 N–H and O–H groups in total. The molecule has 0 amide bonds. The molecule has 7 heteroatoms. The Morgan fingerprint density at radius 2 is 1.65 bits per heavy atom. The number of hydrogen-bond acceptors (Lipinski definition) is 5. The number of thioether (sulfide) groups is 1. The normalized spacial score (nSPS) is 14.7. The van der Waals surface area contributed by atoms with Crippen molar-refractivity contribution in [2.45, 2.75) is 52.5 Å². The lowest BCUT2D eigenvalue weighted by atomic mass is 10.1. The van der Waals surface area contributed by atoms with Gasteiger partial charge in [-0.25, -0.2) is 0 Å². The van der Waals surface area contributed by atoms with Crippen molar-refractivity contribution in [3.05, 3.63) is 68.2 Å². The third kappa shape index (κ3) is 5.38. The van der Waals surface area contributed by atoms with E-state index in [0.717, 1.165) is 16.5 Å². The second-order valence-corrected chi connectivity index (χ2v) is 10.8. The zero-order valence-corrected chi connectivity index (χ0v) is 24.3. The minimum absolute atomic E-state index is 0. The third-order valence-corrected chi connectivity index (χ3v) is 8.56. The summed E-state index contributed by atoms with van der Waals surface area (Å²) >= 11 is 3.55. The minimum atomic E-state index is 0. The highest BCUT2D eigenvalue weighted by atomic mass is 127. The van der Waals surface area contributed by atoms with Crippen LogP contribution in [0.5, 0.6) is 0 Å². The van der Waals surface area contributed by atoms with E-state index >= 15 is 0 Å². The molecule has 34 heavy (non-hydrogen) atoms. The molecule has 0 radical (unpaired) electrons. The fraction of sp³-hybridized carbons (Fsp3) is 0.370. The van der Waals surface area contributed by atoms with Gasteiger partial charge >= 0.3 is 0 Å². The molecular formula is C27H33IN2O2S2. The SMILES string of the molecule is CCC(/C=C1\Sc2cc(C)c(C)cc2N1CCO)=C\c1sc2cc(C)c(C)cc2[n+]1CCO.[I-]. The number of aryl methyl sites for hydroxylation is 4. The van der Waals surface area contributed by atoms with Gasteiger partial charge in [0.05, 0.1) is 17.3 Å². The van der Waals surface area contributed by atoms with Crippen molar-refractivity contribution in [3.63, 3.8) is 0 Å². The number of halogens is 1. The molecule has 182 valence electrons. The Bertz CT molecular complexity index is 1260. The smallest absolute Gasteiger partial charge is 0.263 e. The second-order valence-electron chi connectivity index (χ2n) is 8.66. The van der Waals surface area contributed by atoms with E-state index in [-0.39, 0.29) is 37.2 Å². The lowest BCUT2D eigenvalue weighted by Crippen LogP contribution is -3.00. The molecule has 4 nitrogen and oxygen atoms in total. The maximum Gasteiger partial charge on any atom is 0.263 e. The summed E-state index contributed by atoms with van der Waals surface area (Å²) in [7, 11) is 0. The average Bonchev–Trinajstić information content (AvgIpc) is 3.26. The van der Waals surface area contributed by atoms with E-state index in [0.29, 0.717) is 13.1 Å². The Hall–Kier alpha value is -1.39. The molecule has 2 aromatic carbocycles. The van der Waals surface area contributed by atoms with Gasteiger partial charge in [0, 0.05) is 23.6 Å². The fourth-order valence-corrected chi connectivity index (χ4v) is 6.64. The van der Waals surface area contributed by atoms with E-state index < -0.39 is 0 Å². The van der Waals surface area contributed by atoms with Gasteiger partial charge in [0.25, 0.3) is 5.01 Å². The monoisotopic (exact) mass is 608 g/mol. The lowest BCUT2D eigenvalue weighted by molar-refractivity contribution is -0.670. The standard InChI is InChI=1S/C27H33N2O2S2.HI/c1-6-21(15-26-28(7-9-30)22-11-17(2)19(4)13-24(22)32-26)16-27-29(8-10-31)23-12-18(3)20(5)14-25(23)33-27;/h11-16,30-31H,6-10H2,1-5H3;1H/q+1;/p-1. The lowest BCUT2D eigenvalue weighted by Gasteiger charge is -2.20. The van der Waals surface area contributed by atoms with Crippen molar-refractivity contribution in [1.82, 2.24) is 0 Å². The van der Waals surface area contributed by atoms with Gasteiger partial charge in [-0.2, -0.15) is 4.57 Å². The first-order valence-corrected chi connectivity index (χ1v) is 13.1. The molecule has 0 fully saturated rings. The molecule has 4 rings (SSSR count). The van der Waals surface area contributed by atoms with Gasteiger partial charge < -0.3 is 39.1 Å². The van der Waals surface area contributed by atoms with Gasteiger partial charge in [0.15, 0.2) is 6.54 Å². The molecule has 1 aliphatic heterocycles. The predicted octanol–water partition coefficient (Wildman–Crippen LogP) is 2.66. The van der Waals surface area contributed by atoms with Crippen LogP contribution in [0.1, 0.15) is 40.6 Å². The van der Waals surface area contributed by atoms with Crippen LogP contribution in [0.3, 0.4) is 0 Å². The van der Waals surface area contributed by atoms with Crippen LogP contribution >= 0.6 is 23.1 Å². The summed E-state index contributed by atoms with van der Waals surface area (Å²) < 4.78 is 3.48. The predicted molar refractivity (Wildman–Crippen MR) is 141 cm³/mol. The van der Waals surface area contributed by atoms with Crippen molar-refractivity contribution in [3.8, 4) is 0 Å². The van der Waals surface area contributed by atoms with Gasteiger partial charge in [0.1, 0.15) is 11.3 Å². The van der Waals surface area contributed by atoms with Crippen LogP contribution in [0.2, 0.25) is 0 Å². The number of aliphatic hydroxyl groups is 2. The number of nitrogens with zero attached hydrogens (tertiary/aromatic N) is 2. The largest absolute Gasteiger partial charge is 1.00 e. The molecule has 1 aromatic heterocycles. The summed E-state index contributed by atoms with van der Waals surface area (Å²) in [5.41, 5.74) is 8.71. The molecule has 0 atom stereocenters. The van der Waals surface area contributed by atoms with Crippen molar-refractivity contribution in [2.75, 3.05) is 24.7 Å². The molecule has 0 bridgehead atoms. The summed E-state index contributed by atoms with van der Waals surface area (Å²) in [5.74, 6) is 0. The van der Waals surface area contributed by atoms with Crippen LogP contribution in [0.25, 0.3) is 16.3 Å². The van der Waals surface area contributed by atoms with Gasteiger partial charge in [0.2, 0.25) is 5.52 Å². The second kappa shape index (κ2) is 11.6. The summed E-state index contributed by atoms with van der Waals surface area (Å²) in [6, 6.07) is 8.97. The van der Waals surface area contributed by atoms with E-state index in [2.05, 4.69) is 80.5 Å². The van der Waals surface area contributed by atoms with Gasteiger partial charge in [-0.05, 0) is 86.2 Å². The maximum atomic E-state index is 9.72. The van der Waals surface area contributed by atoms with Crippen molar-refractivity contribution < 1.29 is 38.8 Å². The van der Waals surface area contributed by atoms with Crippen LogP contribution in [-0.4, -0.2) is 30.0 Å². The van der Waals surface area contributed by atoms with Crippen LogP contribution in [-0.2, 0) is 6.54 Å². The Kier molecular flexibility index (Phi) is 9.25. The van der Waals surface area contributed by atoms with Gasteiger partial charge in [-0.1, -0.05) is 30.0 Å². The number of β-amino-alcohol motifs (C(OH)–C–C–N with tert-alkyl or cyclic N) is 1. The number of thiazole rings is 1. The quantitative estimate of drug-likeness (QED) is 0.320. The van der Waals surface area contributed by atoms with E-state index in [4.69, 9.17) is 0 Å². The summed E-state index contributed by atoms with van der Waals surface area (Å²) in [6.45, 7) is 12.1. The number of aliphatic hydroxyl groups excluding tert-OH is 2. The van der Waals surface area contributed by atoms with Gasteiger partial charge in [-0.3, -0.25) is 0 Å².